The first-order chi connectivity index (χ1) is 12.2. The number of fused-ring (bicyclic) bond motifs is 1. The van der Waals surface area contributed by atoms with Crippen LogP contribution in [0, 0.1) is 5.92 Å². The predicted molar refractivity (Wildman–Crippen MR) is 103 cm³/mol. The molecule has 128 valence electrons. The first-order valence-electron chi connectivity index (χ1n) is 8.58. The number of para-hydroxylation sites is 1. The molecular weight excluding hydrogens is 352 g/mol. The van der Waals surface area contributed by atoms with E-state index >= 15 is 0 Å². The normalized spacial score (nSPS) is 15.2. The van der Waals surface area contributed by atoms with E-state index in [1.54, 1.807) is 11.3 Å². The zero-order valence-corrected chi connectivity index (χ0v) is 15.3. The Balaban J connectivity index is 1.39. The van der Waals surface area contributed by atoms with Gasteiger partial charge in [-0.3, -0.25) is 4.79 Å². The summed E-state index contributed by atoms with van der Waals surface area (Å²) in [6, 6.07) is 16.0. The van der Waals surface area contributed by atoms with Crippen LogP contribution in [0.25, 0.3) is 10.2 Å². The standard InChI is InChI=1S/C20H19ClN2OS/c21-15-9-7-14(8-10-15)20(13-5-6-13)23-18(24)11-12-19-22-16-3-1-2-4-17(16)25-19/h1-4,7-10,13,20H,5-6,11-12H2,(H,23,24). The Morgan fingerprint density at radius 2 is 1.96 bits per heavy atom. The van der Waals surface area contributed by atoms with E-state index in [1.165, 1.54) is 17.5 Å². The van der Waals surface area contributed by atoms with Crippen molar-refractivity contribution in [3.05, 3.63) is 64.1 Å². The number of amides is 1. The molecule has 0 radical (unpaired) electrons. The minimum absolute atomic E-state index is 0.0890. The molecule has 1 N–H and O–H groups in total. The Hall–Kier alpha value is -1.91. The maximum Gasteiger partial charge on any atom is 0.220 e. The Kier molecular flexibility index (Phi) is 4.73. The number of halogens is 1. The SMILES string of the molecule is O=C(CCc1nc2ccccc2s1)NC(c1ccc(Cl)cc1)C1CC1. The first kappa shape index (κ1) is 16.6. The third-order valence-electron chi connectivity index (χ3n) is 4.54. The van der Waals surface area contributed by atoms with Crippen molar-refractivity contribution in [1.29, 1.82) is 0 Å². The van der Waals surface area contributed by atoms with Crippen LogP contribution in [0.2, 0.25) is 5.02 Å². The Morgan fingerprint density at radius 3 is 2.68 bits per heavy atom. The number of carbonyl (C=O) groups is 1. The van der Waals surface area contributed by atoms with Crippen molar-refractivity contribution >= 4 is 39.1 Å². The number of hydrogen-bond donors (Lipinski definition) is 1. The van der Waals surface area contributed by atoms with Gasteiger partial charge in [-0.05, 0) is 48.6 Å². The van der Waals surface area contributed by atoms with Gasteiger partial charge in [-0.25, -0.2) is 4.98 Å². The molecule has 4 rings (SSSR count). The molecule has 1 saturated carbocycles. The zero-order valence-electron chi connectivity index (χ0n) is 13.7. The Bertz CT molecular complexity index is 853. The number of aromatic nitrogens is 1. The molecule has 0 bridgehead atoms. The average molecular weight is 371 g/mol. The van der Waals surface area contributed by atoms with Gasteiger partial charge in [0, 0.05) is 17.9 Å². The van der Waals surface area contributed by atoms with E-state index < -0.39 is 0 Å². The van der Waals surface area contributed by atoms with Gasteiger partial charge in [0.2, 0.25) is 5.91 Å². The van der Waals surface area contributed by atoms with Gasteiger partial charge in [0.25, 0.3) is 0 Å². The number of carbonyl (C=O) groups excluding carboxylic acids is 1. The molecular formula is C20H19ClN2OS. The molecule has 0 spiro atoms. The van der Waals surface area contributed by atoms with E-state index in [0.29, 0.717) is 18.8 Å². The number of benzene rings is 2. The van der Waals surface area contributed by atoms with Crippen LogP contribution < -0.4 is 5.32 Å². The molecule has 2 aromatic carbocycles. The number of aryl methyl sites for hydroxylation is 1. The lowest BCUT2D eigenvalue weighted by Crippen LogP contribution is -2.30. The van der Waals surface area contributed by atoms with Crippen molar-refractivity contribution in [3.63, 3.8) is 0 Å². The first-order valence-corrected chi connectivity index (χ1v) is 9.78. The summed E-state index contributed by atoms with van der Waals surface area (Å²) in [5.74, 6) is 0.638. The van der Waals surface area contributed by atoms with E-state index in [9.17, 15) is 4.79 Å². The quantitative estimate of drug-likeness (QED) is 0.652. The van der Waals surface area contributed by atoms with Gasteiger partial charge in [0.05, 0.1) is 21.3 Å². The lowest BCUT2D eigenvalue weighted by Gasteiger charge is -2.19. The molecule has 5 heteroatoms. The summed E-state index contributed by atoms with van der Waals surface area (Å²) in [5.41, 5.74) is 2.15. The highest BCUT2D eigenvalue weighted by atomic mass is 35.5. The van der Waals surface area contributed by atoms with E-state index in [-0.39, 0.29) is 11.9 Å². The van der Waals surface area contributed by atoms with Gasteiger partial charge < -0.3 is 5.32 Å². The topological polar surface area (TPSA) is 42.0 Å². The van der Waals surface area contributed by atoms with Crippen LogP contribution in [0.4, 0.5) is 0 Å². The van der Waals surface area contributed by atoms with Gasteiger partial charge in [0.15, 0.2) is 0 Å². The Morgan fingerprint density at radius 1 is 1.20 bits per heavy atom. The third kappa shape index (κ3) is 4.02. The van der Waals surface area contributed by atoms with Crippen LogP contribution >= 0.6 is 22.9 Å². The molecule has 1 heterocycles. The summed E-state index contributed by atoms with van der Waals surface area (Å²) in [5, 5.41) is 4.96. The molecule has 3 nitrogen and oxygen atoms in total. The van der Waals surface area contributed by atoms with Crippen LogP contribution in [-0.2, 0) is 11.2 Å². The molecule has 0 saturated heterocycles. The molecule has 1 fully saturated rings. The van der Waals surface area contributed by atoms with Crippen LogP contribution in [0.1, 0.15) is 35.9 Å². The van der Waals surface area contributed by atoms with Crippen LogP contribution in [0.15, 0.2) is 48.5 Å². The second kappa shape index (κ2) is 7.14. The minimum Gasteiger partial charge on any atom is -0.349 e. The molecule has 1 aromatic heterocycles. The zero-order chi connectivity index (χ0) is 17.2. The molecule has 1 amide bonds. The Labute approximate surface area is 156 Å². The van der Waals surface area contributed by atoms with Crippen molar-refractivity contribution in [2.24, 2.45) is 5.92 Å². The second-order valence-electron chi connectivity index (χ2n) is 6.51. The lowest BCUT2D eigenvalue weighted by molar-refractivity contribution is -0.122. The highest BCUT2D eigenvalue weighted by molar-refractivity contribution is 7.18. The van der Waals surface area contributed by atoms with Crippen molar-refractivity contribution in [1.82, 2.24) is 10.3 Å². The highest BCUT2D eigenvalue weighted by Gasteiger charge is 2.33. The van der Waals surface area contributed by atoms with Crippen LogP contribution in [0.5, 0.6) is 0 Å². The number of hydrogen-bond acceptors (Lipinski definition) is 3. The minimum atomic E-state index is 0.0890. The summed E-state index contributed by atoms with van der Waals surface area (Å²) < 4.78 is 1.18. The number of rotatable bonds is 6. The lowest BCUT2D eigenvalue weighted by atomic mass is 10.0. The maximum atomic E-state index is 12.5. The summed E-state index contributed by atoms with van der Waals surface area (Å²) >= 11 is 7.64. The fourth-order valence-corrected chi connectivity index (χ4v) is 4.16. The van der Waals surface area contributed by atoms with Crippen molar-refractivity contribution < 1.29 is 4.79 Å². The van der Waals surface area contributed by atoms with E-state index in [2.05, 4.69) is 16.4 Å². The highest BCUT2D eigenvalue weighted by Crippen LogP contribution is 2.41. The van der Waals surface area contributed by atoms with E-state index in [0.717, 1.165) is 21.1 Å². The predicted octanol–water partition coefficient (Wildman–Crippen LogP) is 5.15. The maximum absolute atomic E-state index is 12.5. The second-order valence-corrected chi connectivity index (χ2v) is 8.06. The van der Waals surface area contributed by atoms with Crippen molar-refractivity contribution in [3.8, 4) is 0 Å². The molecule has 1 atom stereocenters. The van der Waals surface area contributed by atoms with Crippen LogP contribution in [-0.4, -0.2) is 10.9 Å². The smallest absolute Gasteiger partial charge is 0.220 e. The molecule has 25 heavy (non-hydrogen) atoms. The summed E-state index contributed by atoms with van der Waals surface area (Å²) in [4.78, 5) is 17.1. The van der Waals surface area contributed by atoms with Gasteiger partial charge >= 0.3 is 0 Å². The number of nitrogens with zero attached hydrogens (tertiary/aromatic N) is 1. The van der Waals surface area contributed by atoms with Crippen molar-refractivity contribution in [2.75, 3.05) is 0 Å². The summed E-state index contributed by atoms with van der Waals surface area (Å²) in [6.07, 6.45) is 3.50. The van der Waals surface area contributed by atoms with Crippen molar-refractivity contribution in [2.45, 2.75) is 31.7 Å². The largest absolute Gasteiger partial charge is 0.349 e. The van der Waals surface area contributed by atoms with E-state index in [4.69, 9.17) is 11.6 Å². The summed E-state index contributed by atoms with van der Waals surface area (Å²) in [7, 11) is 0. The average Bonchev–Trinajstić information content (AvgIpc) is 3.37. The van der Waals surface area contributed by atoms with Gasteiger partial charge in [-0.2, -0.15) is 0 Å². The number of thiazole rings is 1. The molecule has 3 aromatic rings. The molecule has 0 aliphatic heterocycles. The van der Waals surface area contributed by atoms with Crippen LogP contribution in [0.3, 0.4) is 0 Å². The molecule has 1 aliphatic carbocycles. The van der Waals surface area contributed by atoms with Gasteiger partial charge in [-0.15, -0.1) is 11.3 Å². The fraction of sp³-hybridized carbons (Fsp3) is 0.300. The monoisotopic (exact) mass is 370 g/mol. The number of nitrogens with one attached hydrogen (secondary N) is 1. The fourth-order valence-electron chi connectivity index (χ4n) is 3.07. The van der Waals surface area contributed by atoms with E-state index in [1.807, 2.05) is 42.5 Å². The third-order valence-corrected chi connectivity index (χ3v) is 5.89. The van der Waals surface area contributed by atoms with Gasteiger partial charge in [0.1, 0.15) is 0 Å². The molecule has 1 unspecified atom stereocenters. The molecule has 1 aliphatic rings. The van der Waals surface area contributed by atoms with Gasteiger partial charge in [-0.1, -0.05) is 35.9 Å². The summed E-state index contributed by atoms with van der Waals surface area (Å²) in [6.45, 7) is 0.